The van der Waals surface area contributed by atoms with E-state index < -0.39 is 0 Å². The van der Waals surface area contributed by atoms with Crippen LogP contribution in [0.2, 0.25) is 0 Å². The fourth-order valence-corrected chi connectivity index (χ4v) is 3.60. The van der Waals surface area contributed by atoms with Gasteiger partial charge in [-0.3, -0.25) is 0 Å². The van der Waals surface area contributed by atoms with Crippen LogP contribution in [0.25, 0.3) is 0 Å². The highest BCUT2D eigenvalue weighted by molar-refractivity contribution is 6.61. The fourth-order valence-electron chi connectivity index (χ4n) is 3.60. The van der Waals surface area contributed by atoms with Crippen molar-refractivity contribution in [1.82, 2.24) is 0 Å². The Bertz CT molecular complexity index is 423. The summed E-state index contributed by atoms with van der Waals surface area (Å²) in [5.74, 6) is 0. The van der Waals surface area contributed by atoms with Crippen LogP contribution < -0.4 is 5.46 Å². The Labute approximate surface area is 155 Å². The van der Waals surface area contributed by atoms with E-state index in [0.29, 0.717) is 0 Å². The van der Waals surface area contributed by atoms with Crippen molar-refractivity contribution in [2.24, 2.45) is 0 Å². The molecule has 0 amide bonds. The van der Waals surface area contributed by atoms with Crippen LogP contribution in [0.5, 0.6) is 0 Å². The molecule has 0 N–H and O–H groups in total. The van der Waals surface area contributed by atoms with Crippen molar-refractivity contribution >= 4 is 12.6 Å². The normalized spacial score (nSPS) is 17.3. The standard InChI is InChI=1S/C22H37BO2/c1-2-3-4-5-6-7-8-9-10-11-12-16-19-22-20-24-23(25-22)21-17-14-13-15-18-21/h13-15,17-18,22H,2-12,16,19-20H2,1H3. The molecule has 2 rings (SSSR count). The molecule has 0 aromatic heterocycles. The Morgan fingerprint density at radius 3 is 1.96 bits per heavy atom. The van der Waals surface area contributed by atoms with Crippen molar-refractivity contribution in [3.63, 3.8) is 0 Å². The molecule has 1 heterocycles. The second-order valence-electron chi connectivity index (χ2n) is 7.51. The maximum atomic E-state index is 6.03. The van der Waals surface area contributed by atoms with E-state index in [1.165, 1.54) is 77.0 Å². The van der Waals surface area contributed by atoms with Crippen molar-refractivity contribution in [2.75, 3.05) is 6.61 Å². The molecule has 140 valence electrons. The Kier molecular flexibility index (Phi) is 11.0. The van der Waals surface area contributed by atoms with Gasteiger partial charge in [0, 0.05) is 0 Å². The molecule has 25 heavy (non-hydrogen) atoms. The summed E-state index contributed by atoms with van der Waals surface area (Å²) in [6.45, 7) is 3.03. The lowest BCUT2D eigenvalue weighted by molar-refractivity contribution is 0.217. The second-order valence-corrected chi connectivity index (χ2v) is 7.51. The first kappa shape index (κ1) is 20.5. The fraction of sp³-hybridized carbons (Fsp3) is 0.727. The van der Waals surface area contributed by atoms with E-state index in [1.54, 1.807) is 0 Å². The molecule has 0 aliphatic carbocycles. The third-order valence-corrected chi connectivity index (χ3v) is 5.20. The smallest absolute Gasteiger partial charge is 0.405 e. The van der Waals surface area contributed by atoms with Gasteiger partial charge in [-0.25, -0.2) is 0 Å². The van der Waals surface area contributed by atoms with Crippen LogP contribution >= 0.6 is 0 Å². The van der Waals surface area contributed by atoms with Crippen molar-refractivity contribution in [3.05, 3.63) is 30.3 Å². The summed E-state index contributed by atoms with van der Waals surface area (Å²) in [7, 11) is -0.150. The summed E-state index contributed by atoms with van der Waals surface area (Å²) in [4.78, 5) is 0. The molecule has 1 fully saturated rings. The molecule has 0 radical (unpaired) electrons. The SMILES string of the molecule is CCCCCCCCCCCCCCC1COB(c2ccccc2)O1. The van der Waals surface area contributed by atoms with Gasteiger partial charge in [-0.2, -0.15) is 0 Å². The van der Waals surface area contributed by atoms with Gasteiger partial charge in [-0.05, 0) is 11.9 Å². The van der Waals surface area contributed by atoms with E-state index in [0.717, 1.165) is 18.5 Å². The first-order valence-electron chi connectivity index (χ1n) is 10.7. The molecule has 2 nitrogen and oxygen atoms in total. The van der Waals surface area contributed by atoms with Crippen molar-refractivity contribution in [1.29, 1.82) is 0 Å². The summed E-state index contributed by atoms with van der Waals surface area (Å²) < 4.78 is 11.8. The zero-order valence-corrected chi connectivity index (χ0v) is 16.3. The van der Waals surface area contributed by atoms with E-state index in [-0.39, 0.29) is 13.2 Å². The van der Waals surface area contributed by atoms with Crippen LogP contribution in [-0.4, -0.2) is 19.8 Å². The lowest BCUT2D eigenvalue weighted by Crippen LogP contribution is -2.32. The molecule has 1 aliphatic rings. The second kappa shape index (κ2) is 13.4. The predicted molar refractivity (Wildman–Crippen MR) is 108 cm³/mol. The zero-order chi connectivity index (χ0) is 17.6. The van der Waals surface area contributed by atoms with E-state index in [2.05, 4.69) is 19.1 Å². The summed E-state index contributed by atoms with van der Waals surface area (Å²) >= 11 is 0. The molecule has 1 aliphatic heterocycles. The highest BCUT2D eigenvalue weighted by atomic mass is 16.6. The van der Waals surface area contributed by atoms with Gasteiger partial charge in [-0.1, -0.05) is 114 Å². The third-order valence-electron chi connectivity index (χ3n) is 5.20. The number of unbranched alkanes of at least 4 members (excludes halogenated alkanes) is 11. The minimum Gasteiger partial charge on any atom is -0.405 e. The van der Waals surface area contributed by atoms with Gasteiger partial charge >= 0.3 is 7.12 Å². The Morgan fingerprint density at radius 1 is 0.800 bits per heavy atom. The van der Waals surface area contributed by atoms with E-state index >= 15 is 0 Å². The van der Waals surface area contributed by atoms with Crippen LogP contribution in [-0.2, 0) is 9.31 Å². The Hall–Kier alpha value is -0.795. The number of hydrogen-bond donors (Lipinski definition) is 0. The highest BCUT2D eigenvalue weighted by Gasteiger charge is 2.32. The minimum absolute atomic E-state index is 0.150. The van der Waals surface area contributed by atoms with Crippen molar-refractivity contribution in [2.45, 2.75) is 96.5 Å². The summed E-state index contributed by atoms with van der Waals surface area (Å²) in [5, 5.41) is 0. The molecule has 1 atom stereocenters. The molecular formula is C22H37BO2. The molecule has 0 spiro atoms. The van der Waals surface area contributed by atoms with Gasteiger partial charge in [0.25, 0.3) is 0 Å². The quantitative estimate of drug-likeness (QED) is 0.309. The molecule has 0 bridgehead atoms. The highest BCUT2D eigenvalue weighted by Crippen LogP contribution is 2.17. The van der Waals surface area contributed by atoms with E-state index in [9.17, 15) is 0 Å². The van der Waals surface area contributed by atoms with E-state index in [4.69, 9.17) is 9.31 Å². The average Bonchev–Trinajstić information content (AvgIpc) is 3.12. The summed E-state index contributed by atoms with van der Waals surface area (Å²) in [5.41, 5.74) is 1.14. The summed E-state index contributed by atoms with van der Waals surface area (Å²) in [6.07, 6.45) is 18.2. The summed E-state index contributed by atoms with van der Waals surface area (Å²) in [6, 6.07) is 10.3. The van der Waals surface area contributed by atoms with Gasteiger partial charge in [0.2, 0.25) is 0 Å². The van der Waals surface area contributed by atoms with Gasteiger partial charge < -0.3 is 9.31 Å². The lowest BCUT2D eigenvalue weighted by atomic mass is 9.79. The molecule has 3 heteroatoms. The van der Waals surface area contributed by atoms with Gasteiger partial charge in [0.1, 0.15) is 0 Å². The first-order chi connectivity index (χ1) is 12.4. The number of rotatable bonds is 14. The van der Waals surface area contributed by atoms with Crippen LogP contribution in [0.1, 0.15) is 90.4 Å². The van der Waals surface area contributed by atoms with E-state index in [1.807, 2.05) is 18.2 Å². The van der Waals surface area contributed by atoms with Crippen LogP contribution in [0.4, 0.5) is 0 Å². The van der Waals surface area contributed by atoms with Crippen molar-refractivity contribution in [3.8, 4) is 0 Å². The average molecular weight is 344 g/mol. The van der Waals surface area contributed by atoms with Crippen LogP contribution in [0.3, 0.4) is 0 Å². The molecule has 1 aromatic rings. The molecule has 1 aromatic carbocycles. The van der Waals surface area contributed by atoms with Gasteiger partial charge in [-0.15, -0.1) is 0 Å². The molecule has 0 saturated carbocycles. The minimum atomic E-state index is -0.150. The first-order valence-corrected chi connectivity index (χ1v) is 10.7. The monoisotopic (exact) mass is 344 g/mol. The maximum absolute atomic E-state index is 6.03. The third kappa shape index (κ3) is 8.92. The lowest BCUT2D eigenvalue weighted by Gasteiger charge is -2.09. The largest absolute Gasteiger partial charge is 0.494 e. The Morgan fingerprint density at radius 2 is 1.36 bits per heavy atom. The van der Waals surface area contributed by atoms with Crippen molar-refractivity contribution < 1.29 is 9.31 Å². The molecule has 1 unspecified atom stereocenters. The van der Waals surface area contributed by atoms with Gasteiger partial charge in [0.05, 0.1) is 12.7 Å². The number of benzene rings is 1. The van der Waals surface area contributed by atoms with Gasteiger partial charge in [0.15, 0.2) is 0 Å². The Balaban J connectivity index is 1.38. The number of hydrogen-bond acceptors (Lipinski definition) is 2. The molecule has 1 saturated heterocycles. The maximum Gasteiger partial charge on any atom is 0.494 e. The predicted octanol–water partition coefficient (Wildman–Crippen LogP) is 5.89. The molecular weight excluding hydrogens is 307 g/mol. The topological polar surface area (TPSA) is 18.5 Å². The zero-order valence-electron chi connectivity index (χ0n) is 16.3. The van der Waals surface area contributed by atoms with Crippen LogP contribution in [0.15, 0.2) is 30.3 Å². The van der Waals surface area contributed by atoms with Crippen LogP contribution in [0, 0.1) is 0 Å².